The van der Waals surface area contributed by atoms with Gasteiger partial charge in [-0.05, 0) is 19.7 Å². The summed E-state index contributed by atoms with van der Waals surface area (Å²) < 4.78 is 5.59. The van der Waals surface area contributed by atoms with Crippen LogP contribution in [0, 0.1) is 0 Å². The van der Waals surface area contributed by atoms with Gasteiger partial charge in [-0.15, -0.1) is 12.4 Å². The molecule has 2 rings (SSSR count). The van der Waals surface area contributed by atoms with Gasteiger partial charge in [-0.2, -0.15) is 0 Å². The van der Waals surface area contributed by atoms with E-state index >= 15 is 0 Å². The monoisotopic (exact) mass is 319 g/mol. The first-order valence-electron chi connectivity index (χ1n) is 7.08. The highest BCUT2D eigenvalue weighted by Gasteiger charge is 2.07. The minimum Gasteiger partial charge on any atom is -0.375 e. The van der Waals surface area contributed by atoms with Crippen molar-refractivity contribution in [1.29, 1.82) is 0 Å². The lowest BCUT2D eigenvalue weighted by Gasteiger charge is -2.10. The van der Waals surface area contributed by atoms with E-state index in [9.17, 15) is 4.79 Å². The highest BCUT2D eigenvalue weighted by Crippen LogP contribution is 2.11. The molecule has 0 unspecified atom stereocenters. The van der Waals surface area contributed by atoms with E-state index in [0.29, 0.717) is 24.3 Å². The van der Waals surface area contributed by atoms with Crippen LogP contribution in [0.4, 0.5) is 0 Å². The third-order valence-corrected chi connectivity index (χ3v) is 3.20. The molecule has 2 aromatic rings. The molecule has 0 saturated carbocycles. The number of nitrogens with zero attached hydrogens (tertiary/aromatic N) is 1. The Bertz CT molecular complexity index is 567. The Morgan fingerprint density at radius 2 is 1.55 bits per heavy atom. The summed E-state index contributed by atoms with van der Waals surface area (Å²) in [6, 6.07) is 16.9. The number of hydrogen-bond acceptors (Lipinski definition) is 3. The maximum atomic E-state index is 12.3. The lowest BCUT2D eigenvalue weighted by molar-refractivity contribution is 0.103. The van der Waals surface area contributed by atoms with Crippen LogP contribution in [-0.4, -0.2) is 37.9 Å². The van der Waals surface area contributed by atoms with Crippen molar-refractivity contribution >= 4 is 18.2 Å². The quantitative estimate of drug-likeness (QED) is 0.578. The summed E-state index contributed by atoms with van der Waals surface area (Å²) in [7, 11) is 4.04. The smallest absolute Gasteiger partial charge is 0.193 e. The van der Waals surface area contributed by atoms with Crippen LogP contribution in [0.3, 0.4) is 0 Å². The second-order valence-electron chi connectivity index (χ2n) is 5.25. The Morgan fingerprint density at radius 3 is 2.14 bits per heavy atom. The molecule has 0 fully saturated rings. The fourth-order valence-corrected chi connectivity index (χ4v) is 1.95. The van der Waals surface area contributed by atoms with E-state index in [1.54, 1.807) is 0 Å². The van der Waals surface area contributed by atoms with Crippen LogP contribution in [0.15, 0.2) is 54.6 Å². The molecular formula is C18H22ClNO2. The van der Waals surface area contributed by atoms with Crippen LogP contribution in [0.1, 0.15) is 21.5 Å². The molecule has 0 aliphatic rings. The van der Waals surface area contributed by atoms with Crippen LogP contribution in [0.5, 0.6) is 0 Å². The Hall–Kier alpha value is -1.68. The van der Waals surface area contributed by atoms with E-state index in [1.807, 2.05) is 68.7 Å². The summed E-state index contributed by atoms with van der Waals surface area (Å²) in [6.07, 6.45) is 0. The molecule has 22 heavy (non-hydrogen) atoms. The van der Waals surface area contributed by atoms with Crippen LogP contribution >= 0.6 is 12.4 Å². The molecule has 0 aliphatic carbocycles. The lowest BCUT2D eigenvalue weighted by Crippen LogP contribution is -2.17. The van der Waals surface area contributed by atoms with Gasteiger partial charge in [-0.3, -0.25) is 4.79 Å². The van der Waals surface area contributed by atoms with E-state index in [1.165, 1.54) is 0 Å². The minimum atomic E-state index is 0. The van der Waals surface area contributed by atoms with Gasteiger partial charge in [-0.1, -0.05) is 54.6 Å². The zero-order valence-corrected chi connectivity index (χ0v) is 13.8. The number of rotatable bonds is 7. The average molecular weight is 320 g/mol. The van der Waals surface area contributed by atoms with Gasteiger partial charge in [0.05, 0.1) is 13.2 Å². The van der Waals surface area contributed by atoms with E-state index in [0.717, 1.165) is 12.1 Å². The molecule has 0 radical (unpaired) electrons. The van der Waals surface area contributed by atoms with Gasteiger partial charge >= 0.3 is 0 Å². The first kappa shape index (κ1) is 18.4. The summed E-state index contributed by atoms with van der Waals surface area (Å²) in [4.78, 5) is 14.3. The highest BCUT2D eigenvalue weighted by atomic mass is 35.5. The van der Waals surface area contributed by atoms with Gasteiger partial charge in [0.1, 0.15) is 0 Å². The molecule has 2 aromatic carbocycles. The molecule has 0 heterocycles. The summed E-state index contributed by atoms with van der Waals surface area (Å²) in [5.74, 6) is 0.0516. The van der Waals surface area contributed by atoms with Crippen molar-refractivity contribution in [3.8, 4) is 0 Å². The number of halogens is 1. The van der Waals surface area contributed by atoms with Crippen LogP contribution < -0.4 is 0 Å². The van der Waals surface area contributed by atoms with E-state index in [4.69, 9.17) is 4.74 Å². The maximum Gasteiger partial charge on any atom is 0.193 e. The minimum absolute atomic E-state index is 0. The predicted molar refractivity (Wildman–Crippen MR) is 91.8 cm³/mol. The van der Waals surface area contributed by atoms with Crippen molar-refractivity contribution in [3.05, 3.63) is 71.3 Å². The number of likely N-dealkylation sites (N-methyl/N-ethyl adjacent to an activating group) is 1. The first-order chi connectivity index (χ1) is 10.2. The number of carbonyl (C=O) groups is 1. The van der Waals surface area contributed by atoms with Gasteiger partial charge in [-0.25, -0.2) is 0 Å². The molecule has 0 spiro atoms. The molecule has 4 heteroatoms. The van der Waals surface area contributed by atoms with Crippen molar-refractivity contribution in [1.82, 2.24) is 4.90 Å². The number of ketones is 1. The van der Waals surface area contributed by atoms with Crippen LogP contribution in [-0.2, 0) is 11.3 Å². The zero-order valence-electron chi connectivity index (χ0n) is 13.0. The van der Waals surface area contributed by atoms with Gasteiger partial charge in [0.15, 0.2) is 5.78 Å². The van der Waals surface area contributed by atoms with Crippen molar-refractivity contribution in [3.63, 3.8) is 0 Å². The molecular weight excluding hydrogens is 298 g/mol. The molecule has 0 aromatic heterocycles. The predicted octanol–water partition coefficient (Wildman–Crippen LogP) is 3.42. The molecule has 3 nitrogen and oxygen atoms in total. The van der Waals surface area contributed by atoms with Gasteiger partial charge in [0, 0.05) is 17.7 Å². The summed E-state index contributed by atoms with van der Waals surface area (Å²) in [5, 5.41) is 0. The molecule has 0 bridgehead atoms. The van der Waals surface area contributed by atoms with Gasteiger partial charge < -0.3 is 9.64 Å². The summed E-state index contributed by atoms with van der Waals surface area (Å²) >= 11 is 0. The van der Waals surface area contributed by atoms with E-state index < -0.39 is 0 Å². The Labute approximate surface area is 138 Å². The number of carbonyl (C=O) groups excluding carboxylic acids is 1. The molecule has 0 saturated heterocycles. The van der Waals surface area contributed by atoms with E-state index in [2.05, 4.69) is 4.90 Å². The maximum absolute atomic E-state index is 12.3. The van der Waals surface area contributed by atoms with Crippen molar-refractivity contribution < 1.29 is 9.53 Å². The normalized spacial score (nSPS) is 10.3. The molecule has 0 amide bonds. The fourth-order valence-electron chi connectivity index (χ4n) is 1.95. The second kappa shape index (κ2) is 9.36. The number of ether oxygens (including phenoxy) is 1. The van der Waals surface area contributed by atoms with E-state index in [-0.39, 0.29) is 18.2 Å². The molecule has 0 N–H and O–H groups in total. The third kappa shape index (κ3) is 5.60. The second-order valence-corrected chi connectivity index (χ2v) is 5.25. The Kier molecular flexibility index (Phi) is 7.82. The highest BCUT2D eigenvalue weighted by molar-refractivity contribution is 6.08. The van der Waals surface area contributed by atoms with Crippen molar-refractivity contribution in [2.75, 3.05) is 27.2 Å². The summed E-state index contributed by atoms with van der Waals surface area (Å²) in [6.45, 7) is 2.19. The van der Waals surface area contributed by atoms with Gasteiger partial charge in [0.25, 0.3) is 0 Å². The van der Waals surface area contributed by atoms with Crippen molar-refractivity contribution in [2.24, 2.45) is 0 Å². The largest absolute Gasteiger partial charge is 0.375 e. The zero-order chi connectivity index (χ0) is 15.1. The molecule has 118 valence electrons. The summed E-state index contributed by atoms with van der Waals surface area (Å²) in [5.41, 5.74) is 2.50. The molecule has 0 atom stereocenters. The Balaban J connectivity index is 0.00000242. The average Bonchev–Trinajstić information content (AvgIpc) is 2.52. The van der Waals surface area contributed by atoms with Crippen molar-refractivity contribution in [2.45, 2.75) is 6.61 Å². The third-order valence-electron chi connectivity index (χ3n) is 3.20. The van der Waals surface area contributed by atoms with Gasteiger partial charge in [0.2, 0.25) is 0 Å². The lowest BCUT2D eigenvalue weighted by atomic mass is 10.0. The Morgan fingerprint density at radius 1 is 0.955 bits per heavy atom. The first-order valence-corrected chi connectivity index (χ1v) is 7.08. The molecule has 0 aliphatic heterocycles. The van der Waals surface area contributed by atoms with Crippen LogP contribution in [0.25, 0.3) is 0 Å². The fraction of sp³-hybridized carbons (Fsp3) is 0.278. The number of hydrogen-bond donors (Lipinski definition) is 0. The van der Waals surface area contributed by atoms with Crippen LogP contribution in [0.2, 0.25) is 0 Å². The standard InChI is InChI=1S/C18H21NO2.ClH/c1-19(2)12-13-21-14-15-8-10-17(11-9-15)18(20)16-6-4-3-5-7-16;/h3-11H,12-14H2,1-2H3;1H. The topological polar surface area (TPSA) is 29.5 Å². The SMILES string of the molecule is CN(C)CCOCc1ccc(C(=O)c2ccccc2)cc1.Cl. The number of benzene rings is 2.